The average Bonchev–Trinajstić information content (AvgIpc) is 3.19. The normalized spacial score (nSPS) is 11.6. The standard InChI is InChI=1S/C15H22N4O2S/c1-3-16-15(17-7-5-8-20-2)18-10-12-11-21-14(19-12)13-6-4-9-22-13/h4,6,9,11H,3,5,7-8,10H2,1-2H3,(H2,16,17,18). The second kappa shape index (κ2) is 9.22. The molecule has 0 amide bonds. The summed E-state index contributed by atoms with van der Waals surface area (Å²) in [6, 6.07) is 3.97. The van der Waals surface area contributed by atoms with Crippen LogP contribution in [0.2, 0.25) is 0 Å². The third-order valence-electron chi connectivity index (χ3n) is 2.84. The first-order valence-corrected chi connectivity index (χ1v) is 8.21. The SMILES string of the molecule is CCNC(=NCc1coc(-c2cccs2)n1)NCCCOC. The van der Waals surface area contributed by atoms with E-state index in [1.807, 2.05) is 24.4 Å². The van der Waals surface area contributed by atoms with Gasteiger partial charge in [-0.1, -0.05) is 6.07 Å². The number of aliphatic imine (C=N–C) groups is 1. The van der Waals surface area contributed by atoms with E-state index < -0.39 is 0 Å². The summed E-state index contributed by atoms with van der Waals surface area (Å²) in [7, 11) is 1.70. The Bertz CT molecular complexity index is 566. The molecule has 0 fully saturated rings. The Balaban J connectivity index is 1.89. The zero-order valence-corrected chi connectivity index (χ0v) is 13.8. The van der Waals surface area contributed by atoms with Crippen LogP contribution in [0.1, 0.15) is 19.0 Å². The van der Waals surface area contributed by atoms with E-state index in [4.69, 9.17) is 9.15 Å². The lowest BCUT2D eigenvalue weighted by Gasteiger charge is -2.10. The summed E-state index contributed by atoms with van der Waals surface area (Å²) in [5.74, 6) is 1.43. The summed E-state index contributed by atoms with van der Waals surface area (Å²) in [6.45, 7) is 4.89. The van der Waals surface area contributed by atoms with E-state index in [0.717, 1.165) is 42.6 Å². The fourth-order valence-electron chi connectivity index (χ4n) is 1.82. The first-order chi connectivity index (χ1) is 10.8. The molecule has 0 spiro atoms. The Kier molecular flexibility index (Phi) is 6.92. The van der Waals surface area contributed by atoms with E-state index in [1.54, 1.807) is 24.7 Å². The summed E-state index contributed by atoms with van der Waals surface area (Å²) < 4.78 is 10.5. The molecule has 0 unspecified atom stereocenters. The molecule has 0 radical (unpaired) electrons. The van der Waals surface area contributed by atoms with Crippen molar-refractivity contribution < 1.29 is 9.15 Å². The van der Waals surface area contributed by atoms with Gasteiger partial charge in [0.05, 0.1) is 11.4 Å². The number of thiophene rings is 1. The molecule has 120 valence electrons. The van der Waals surface area contributed by atoms with Crippen molar-refractivity contribution >= 4 is 17.3 Å². The van der Waals surface area contributed by atoms with Gasteiger partial charge in [-0.2, -0.15) is 0 Å². The largest absolute Gasteiger partial charge is 0.443 e. The van der Waals surface area contributed by atoms with Gasteiger partial charge in [-0.25, -0.2) is 9.98 Å². The Morgan fingerprint density at radius 1 is 1.45 bits per heavy atom. The second-order valence-corrected chi connectivity index (χ2v) is 5.54. The minimum absolute atomic E-state index is 0.481. The van der Waals surface area contributed by atoms with Gasteiger partial charge < -0.3 is 19.8 Å². The molecule has 2 N–H and O–H groups in total. The highest BCUT2D eigenvalue weighted by Gasteiger charge is 2.07. The number of ether oxygens (including phenoxy) is 1. The van der Waals surface area contributed by atoms with Gasteiger partial charge in [-0.05, 0) is 24.8 Å². The van der Waals surface area contributed by atoms with E-state index in [0.29, 0.717) is 12.4 Å². The smallest absolute Gasteiger partial charge is 0.236 e. The van der Waals surface area contributed by atoms with Crippen LogP contribution < -0.4 is 10.6 Å². The van der Waals surface area contributed by atoms with Crippen LogP contribution in [-0.4, -0.2) is 37.7 Å². The fraction of sp³-hybridized carbons (Fsp3) is 0.467. The molecule has 0 bridgehead atoms. The van der Waals surface area contributed by atoms with Crippen molar-refractivity contribution in [3.05, 3.63) is 29.5 Å². The van der Waals surface area contributed by atoms with E-state index >= 15 is 0 Å². The molecule has 2 aromatic heterocycles. The zero-order chi connectivity index (χ0) is 15.6. The van der Waals surface area contributed by atoms with Crippen LogP contribution in [0.15, 0.2) is 33.2 Å². The molecule has 2 heterocycles. The summed E-state index contributed by atoms with van der Waals surface area (Å²) >= 11 is 1.61. The highest BCUT2D eigenvalue weighted by atomic mass is 32.1. The van der Waals surface area contributed by atoms with Gasteiger partial charge in [0.15, 0.2) is 5.96 Å². The van der Waals surface area contributed by atoms with Gasteiger partial charge in [0.25, 0.3) is 0 Å². The maximum absolute atomic E-state index is 5.49. The maximum Gasteiger partial charge on any atom is 0.236 e. The molecule has 0 aromatic carbocycles. The lowest BCUT2D eigenvalue weighted by molar-refractivity contribution is 0.195. The topological polar surface area (TPSA) is 71.7 Å². The van der Waals surface area contributed by atoms with Crippen molar-refractivity contribution in [2.24, 2.45) is 4.99 Å². The molecular formula is C15H22N4O2S. The Morgan fingerprint density at radius 3 is 3.09 bits per heavy atom. The second-order valence-electron chi connectivity index (χ2n) is 4.59. The van der Waals surface area contributed by atoms with Gasteiger partial charge >= 0.3 is 0 Å². The van der Waals surface area contributed by atoms with Crippen LogP contribution in [-0.2, 0) is 11.3 Å². The van der Waals surface area contributed by atoms with Crippen molar-refractivity contribution in [2.45, 2.75) is 19.9 Å². The molecule has 0 aliphatic heterocycles. The number of hydrogen-bond donors (Lipinski definition) is 2. The maximum atomic E-state index is 5.49. The number of hydrogen-bond acceptors (Lipinski definition) is 5. The van der Waals surface area contributed by atoms with Gasteiger partial charge in [0, 0.05) is 26.8 Å². The summed E-state index contributed by atoms with van der Waals surface area (Å²) in [5, 5.41) is 8.47. The molecule has 0 aliphatic rings. The zero-order valence-electron chi connectivity index (χ0n) is 13.0. The predicted octanol–water partition coefficient (Wildman–Crippen LogP) is 2.49. The summed E-state index contributed by atoms with van der Waals surface area (Å²) in [4.78, 5) is 9.99. The molecular weight excluding hydrogens is 300 g/mol. The molecule has 0 saturated carbocycles. The lowest BCUT2D eigenvalue weighted by Crippen LogP contribution is -2.38. The number of guanidine groups is 1. The van der Waals surface area contributed by atoms with Crippen molar-refractivity contribution in [3.63, 3.8) is 0 Å². The van der Waals surface area contributed by atoms with Crippen LogP contribution in [0.5, 0.6) is 0 Å². The Hall–Kier alpha value is -1.86. The first-order valence-electron chi connectivity index (χ1n) is 7.33. The van der Waals surface area contributed by atoms with Crippen LogP contribution in [0.3, 0.4) is 0 Å². The summed E-state index contributed by atoms with van der Waals surface area (Å²) in [5.41, 5.74) is 0.817. The van der Waals surface area contributed by atoms with Crippen LogP contribution in [0, 0.1) is 0 Å². The molecule has 22 heavy (non-hydrogen) atoms. The molecule has 0 saturated heterocycles. The predicted molar refractivity (Wildman–Crippen MR) is 89.1 cm³/mol. The molecule has 7 heteroatoms. The average molecular weight is 322 g/mol. The monoisotopic (exact) mass is 322 g/mol. The third kappa shape index (κ3) is 5.16. The third-order valence-corrected chi connectivity index (χ3v) is 3.70. The van der Waals surface area contributed by atoms with E-state index in [2.05, 4.69) is 20.6 Å². The quantitative estimate of drug-likeness (QED) is 0.444. The fourth-order valence-corrected chi connectivity index (χ4v) is 2.47. The highest BCUT2D eigenvalue weighted by Crippen LogP contribution is 2.23. The van der Waals surface area contributed by atoms with Crippen molar-refractivity contribution in [1.29, 1.82) is 0 Å². The Labute approximate surface area is 134 Å². The number of aromatic nitrogens is 1. The number of nitrogens with zero attached hydrogens (tertiary/aromatic N) is 2. The minimum Gasteiger partial charge on any atom is -0.443 e. The van der Waals surface area contributed by atoms with Gasteiger partial charge in [-0.3, -0.25) is 0 Å². The summed E-state index contributed by atoms with van der Waals surface area (Å²) in [6.07, 6.45) is 2.60. The van der Waals surface area contributed by atoms with Crippen molar-refractivity contribution in [1.82, 2.24) is 15.6 Å². The number of oxazole rings is 1. The molecule has 6 nitrogen and oxygen atoms in total. The van der Waals surface area contributed by atoms with E-state index in [1.165, 1.54) is 0 Å². The van der Waals surface area contributed by atoms with Crippen LogP contribution >= 0.6 is 11.3 Å². The van der Waals surface area contributed by atoms with Gasteiger partial charge in [-0.15, -0.1) is 11.3 Å². The van der Waals surface area contributed by atoms with Crippen LogP contribution in [0.4, 0.5) is 0 Å². The number of rotatable bonds is 8. The minimum atomic E-state index is 0.481. The van der Waals surface area contributed by atoms with E-state index in [9.17, 15) is 0 Å². The lowest BCUT2D eigenvalue weighted by atomic mass is 10.4. The molecule has 0 atom stereocenters. The molecule has 0 aliphatic carbocycles. The molecule has 2 aromatic rings. The number of methoxy groups -OCH3 is 1. The van der Waals surface area contributed by atoms with Gasteiger partial charge in [0.2, 0.25) is 5.89 Å². The van der Waals surface area contributed by atoms with Crippen molar-refractivity contribution in [2.75, 3.05) is 26.8 Å². The van der Waals surface area contributed by atoms with Crippen molar-refractivity contribution in [3.8, 4) is 10.8 Å². The van der Waals surface area contributed by atoms with Gasteiger partial charge in [0.1, 0.15) is 12.0 Å². The first kappa shape index (κ1) is 16.5. The van der Waals surface area contributed by atoms with Crippen LogP contribution in [0.25, 0.3) is 10.8 Å². The Morgan fingerprint density at radius 2 is 2.36 bits per heavy atom. The molecule has 2 rings (SSSR count). The van der Waals surface area contributed by atoms with E-state index in [-0.39, 0.29) is 0 Å². The number of nitrogens with one attached hydrogen (secondary N) is 2. The highest BCUT2D eigenvalue weighted by molar-refractivity contribution is 7.13.